The molecule has 3 heterocycles. The number of nitrogens with zero attached hydrogens (tertiary/aromatic N) is 3. The number of nitrogens with two attached hydrogens (primary N) is 2. The Hall–Kier alpha value is -4.58. The molecule has 15 heteroatoms. The Morgan fingerprint density at radius 3 is 2.68 bits per heavy atom. The Bertz CT molecular complexity index is 1550. The second kappa shape index (κ2) is 8.08. The molecular formula is C19H13F3N7O4S+. The van der Waals surface area contributed by atoms with Crippen LogP contribution in [0.15, 0.2) is 33.6 Å². The summed E-state index contributed by atoms with van der Waals surface area (Å²) < 4.78 is 48.0. The number of carbonyl (C=O) groups is 1. The van der Waals surface area contributed by atoms with Crippen LogP contribution in [0.5, 0.6) is 5.75 Å². The number of amides is 1. The van der Waals surface area contributed by atoms with E-state index in [2.05, 4.69) is 20.3 Å². The number of aromatic amines is 1. The van der Waals surface area contributed by atoms with Crippen molar-refractivity contribution in [3.8, 4) is 23.1 Å². The maximum Gasteiger partial charge on any atom is 0.573 e. The Morgan fingerprint density at radius 2 is 2.06 bits per heavy atom. The number of hydrogen-bond donors (Lipinski definition) is 4. The van der Waals surface area contributed by atoms with Gasteiger partial charge in [-0.05, 0) is 17.4 Å². The number of benzene rings is 1. The molecule has 0 unspecified atom stereocenters. The SMILES string of the molecule is C[n+]1[nH]oc(=O)c1-c1c(C#N)c(N)nc2sc(C(=O)Nc3ccccc3OC(F)(F)F)c(N)c12. The number of para-hydroxylation sites is 2. The molecule has 0 saturated heterocycles. The van der Waals surface area contributed by atoms with E-state index in [1.807, 2.05) is 6.07 Å². The lowest BCUT2D eigenvalue weighted by atomic mass is 10.0. The predicted molar refractivity (Wildman–Crippen MR) is 114 cm³/mol. The van der Waals surface area contributed by atoms with Crippen LogP contribution in [0.3, 0.4) is 0 Å². The summed E-state index contributed by atoms with van der Waals surface area (Å²) in [5.41, 5.74) is 10.6. The van der Waals surface area contributed by atoms with Crippen LogP contribution < -0.4 is 31.8 Å². The van der Waals surface area contributed by atoms with Gasteiger partial charge in [0.2, 0.25) is 0 Å². The summed E-state index contributed by atoms with van der Waals surface area (Å²) in [5, 5.41) is 14.3. The first kappa shape index (κ1) is 22.6. The maximum absolute atomic E-state index is 13.0. The molecule has 0 saturated carbocycles. The molecule has 0 bridgehead atoms. The first-order valence-corrected chi connectivity index (χ1v) is 9.99. The second-order valence-corrected chi connectivity index (χ2v) is 7.77. The highest BCUT2D eigenvalue weighted by atomic mass is 32.1. The summed E-state index contributed by atoms with van der Waals surface area (Å²) in [7, 11) is 1.44. The number of rotatable bonds is 4. The third-order valence-electron chi connectivity index (χ3n) is 4.62. The zero-order valence-corrected chi connectivity index (χ0v) is 17.8. The summed E-state index contributed by atoms with van der Waals surface area (Å²) in [6, 6.07) is 6.81. The van der Waals surface area contributed by atoms with Crippen LogP contribution >= 0.6 is 11.3 Å². The van der Waals surface area contributed by atoms with Crippen LogP contribution in [0.2, 0.25) is 0 Å². The fourth-order valence-corrected chi connectivity index (χ4v) is 4.27. The highest BCUT2D eigenvalue weighted by molar-refractivity contribution is 7.21. The molecule has 4 aromatic rings. The van der Waals surface area contributed by atoms with Crippen LogP contribution in [-0.2, 0) is 7.05 Å². The normalized spacial score (nSPS) is 11.4. The van der Waals surface area contributed by atoms with Crippen molar-refractivity contribution in [3.05, 3.63) is 45.1 Å². The summed E-state index contributed by atoms with van der Waals surface area (Å²) in [6.07, 6.45) is -4.98. The Balaban J connectivity index is 1.87. The van der Waals surface area contributed by atoms with Crippen molar-refractivity contribution in [1.29, 1.82) is 5.26 Å². The van der Waals surface area contributed by atoms with Crippen molar-refractivity contribution in [2.24, 2.45) is 7.05 Å². The molecule has 0 radical (unpaired) electrons. The zero-order valence-electron chi connectivity index (χ0n) is 17.0. The number of H-pyrrole nitrogens is 1. The maximum atomic E-state index is 13.0. The van der Waals surface area contributed by atoms with Gasteiger partial charge < -0.3 is 21.5 Å². The topological polar surface area (TPSA) is 177 Å². The second-order valence-electron chi connectivity index (χ2n) is 6.77. The van der Waals surface area contributed by atoms with Crippen LogP contribution in [-0.4, -0.2) is 22.5 Å². The molecule has 0 aliphatic heterocycles. The molecule has 6 N–H and O–H groups in total. The molecule has 0 aliphatic carbocycles. The average molecular weight is 492 g/mol. The van der Waals surface area contributed by atoms with E-state index in [9.17, 15) is 28.0 Å². The lowest BCUT2D eigenvalue weighted by Crippen LogP contribution is -2.34. The number of aryl methyl sites for hydroxylation is 1. The fraction of sp³-hybridized carbons (Fsp3) is 0.105. The average Bonchev–Trinajstić information content (AvgIpc) is 3.26. The van der Waals surface area contributed by atoms with Crippen molar-refractivity contribution in [1.82, 2.24) is 10.3 Å². The number of carbonyl (C=O) groups excluding carboxylic acids is 1. The van der Waals surface area contributed by atoms with E-state index in [1.54, 1.807) is 0 Å². The number of ether oxygens (including phenoxy) is 1. The monoisotopic (exact) mass is 492 g/mol. The molecule has 34 heavy (non-hydrogen) atoms. The summed E-state index contributed by atoms with van der Waals surface area (Å²) in [5.74, 6) is -1.72. The number of hydrogen-bond acceptors (Lipinski definition) is 9. The molecule has 1 aromatic carbocycles. The number of nitriles is 1. The summed E-state index contributed by atoms with van der Waals surface area (Å²) >= 11 is 0.774. The van der Waals surface area contributed by atoms with Crippen molar-refractivity contribution in [3.63, 3.8) is 0 Å². The van der Waals surface area contributed by atoms with Crippen molar-refractivity contribution >= 4 is 44.7 Å². The van der Waals surface area contributed by atoms with E-state index in [-0.39, 0.29) is 49.1 Å². The number of thiophene rings is 1. The molecule has 174 valence electrons. The van der Waals surface area contributed by atoms with E-state index < -0.39 is 23.6 Å². The fourth-order valence-electron chi connectivity index (χ4n) is 3.26. The van der Waals surface area contributed by atoms with E-state index in [4.69, 9.17) is 16.0 Å². The zero-order chi connectivity index (χ0) is 24.8. The minimum atomic E-state index is -4.98. The molecule has 3 aromatic heterocycles. The Kier molecular flexibility index (Phi) is 5.37. The molecular weight excluding hydrogens is 479 g/mol. The number of nitrogen functional groups attached to an aromatic ring is 2. The van der Waals surface area contributed by atoms with Crippen LogP contribution in [0, 0.1) is 11.3 Å². The van der Waals surface area contributed by atoms with Gasteiger partial charge in [0, 0.05) is 0 Å². The smallest absolute Gasteiger partial charge is 0.404 e. The number of anilines is 3. The number of alkyl halides is 3. The van der Waals surface area contributed by atoms with Crippen LogP contribution in [0.25, 0.3) is 21.5 Å². The lowest BCUT2D eigenvalue weighted by molar-refractivity contribution is -0.730. The van der Waals surface area contributed by atoms with Crippen molar-refractivity contribution < 1.29 is 31.9 Å². The van der Waals surface area contributed by atoms with Gasteiger partial charge in [0.25, 0.3) is 5.91 Å². The highest BCUT2D eigenvalue weighted by Gasteiger charge is 2.34. The van der Waals surface area contributed by atoms with Gasteiger partial charge in [0.05, 0.1) is 22.3 Å². The number of nitrogens with one attached hydrogen (secondary N) is 2. The first-order chi connectivity index (χ1) is 16.0. The van der Waals surface area contributed by atoms with E-state index >= 15 is 0 Å². The van der Waals surface area contributed by atoms with Gasteiger partial charge in [-0.15, -0.1) is 24.5 Å². The van der Waals surface area contributed by atoms with E-state index in [0.29, 0.717) is 0 Å². The highest BCUT2D eigenvalue weighted by Crippen LogP contribution is 2.41. The van der Waals surface area contributed by atoms with Gasteiger partial charge in [-0.25, -0.2) is 9.78 Å². The molecule has 0 fully saturated rings. The van der Waals surface area contributed by atoms with Crippen molar-refractivity contribution in [2.45, 2.75) is 6.36 Å². The van der Waals surface area contributed by atoms with Gasteiger partial charge in [0.15, 0.2) is 12.8 Å². The third kappa shape index (κ3) is 3.86. The van der Waals surface area contributed by atoms with Crippen LogP contribution in [0.4, 0.5) is 30.4 Å². The molecule has 11 nitrogen and oxygen atoms in total. The van der Waals surface area contributed by atoms with Gasteiger partial charge in [-0.2, -0.15) is 5.26 Å². The van der Waals surface area contributed by atoms with Gasteiger partial charge in [0.1, 0.15) is 27.2 Å². The van der Waals surface area contributed by atoms with E-state index in [0.717, 1.165) is 17.4 Å². The standard InChI is InChI=1S/C19H12F3N7O4S/c1-29-13(18(31)33-28-29)10-7(6-23)15(25)27-17-11(10)12(24)14(34-17)16(30)26-8-4-2-3-5-9(8)32-19(20,21)22/h2-5H,1H3,(H5-,24,25,26,27,28,30,31)/p+1. The largest absolute Gasteiger partial charge is 0.573 e. The third-order valence-corrected chi connectivity index (χ3v) is 5.72. The summed E-state index contributed by atoms with van der Waals surface area (Å²) in [6.45, 7) is 0. The molecule has 0 aliphatic rings. The van der Waals surface area contributed by atoms with Crippen molar-refractivity contribution in [2.75, 3.05) is 16.8 Å². The Morgan fingerprint density at radius 1 is 1.35 bits per heavy atom. The van der Waals surface area contributed by atoms with Crippen LogP contribution in [0.1, 0.15) is 15.2 Å². The van der Waals surface area contributed by atoms with Gasteiger partial charge in [-0.1, -0.05) is 16.8 Å². The van der Waals surface area contributed by atoms with Gasteiger partial charge >= 0.3 is 17.7 Å². The molecule has 4 rings (SSSR count). The quantitative estimate of drug-likeness (QED) is 0.313. The Labute approximate surface area is 190 Å². The number of pyridine rings is 1. The molecule has 1 amide bonds. The predicted octanol–water partition coefficient (Wildman–Crippen LogP) is 2.26. The van der Waals surface area contributed by atoms with E-state index in [1.165, 1.54) is 29.9 Å². The molecule has 0 atom stereocenters. The molecule has 0 spiro atoms. The summed E-state index contributed by atoms with van der Waals surface area (Å²) in [4.78, 5) is 29.3. The minimum Gasteiger partial charge on any atom is -0.404 e. The first-order valence-electron chi connectivity index (χ1n) is 9.17. The number of halogens is 3. The number of aromatic nitrogens is 3. The van der Waals surface area contributed by atoms with Gasteiger partial charge in [-0.3, -0.25) is 9.32 Å². The number of fused-ring (bicyclic) bond motifs is 1. The minimum absolute atomic E-state index is 0.00361. The lowest BCUT2D eigenvalue weighted by Gasteiger charge is -2.13.